The number of hydrogen-bond acceptors (Lipinski definition) is 3. The van der Waals surface area contributed by atoms with Crippen molar-refractivity contribution < 1.29 is 9.50 Å². The van der Waals surface area contributed by atoms with E-state index in [1.807, 2.05) is 11.0 Å². The van der Waals surface area contributed by atoms with Gasteiger partial charge in [0.15, 0.2) is 0 Å². The van der Waals surface area contributed by atoms with Crippen LogP contribution in [0.3, 0.4) is 0 Å². The highest BCUT2D eigenvalue weighted by Crippen LogP contribution is 2.35. The topological polar surface area (TPSA) is 35.5 Å². The second kappa shape index (κ2) is 6.10. The Labute approximate surface area is 120 Å². The molecule has 4 heteroatoms. The summed E-state index contributed by atoms with van der Waals surface area (Å²) in [7, 11) is 0. The van der Waals surface area contributed by atoms with Gasteiger partial charge in [0.2, 0.25) is 0 Å². The minimum atomic E-state index is -0.196. The van der Waals surface area contributed by atoms with E-state index < -0.39 is 0 Å². The average Bonchev–Trinajstić information content (AvgIpc) is 3.17. The summed E-state index contributed by atoms with van der Waals surface area (Å²) in [6.45, 7) is 7.46. The lowest BCUT2D eigenvalue weighted by molar-refractivity contribution is 0.300. The molecule has 0 spiro atoms. The molecule has 1 aromatic rings. The Morgan fingerprint density at radius 2 is 2.05 bits per heavy atom. The molecule has 0 atom stereocenters. The van der Waals surface area contributed by atoms with Gasteiger partial charge in [-0.1, -0.05) is 12.1 Å². The third-order valence-electron chi connectivity index (χ3n) is 3.50. The van der Waals surface area contributed by atoms with Gasteiger partial charge in [-0.25, -0.2) is 4.39 Å². The SMILES string of the molecule is CC(C)(C)NCc1cccc(F)c1N(CCO)C1CC1. The molecule has 112 valence electrons. The first-order valence-electron chi connectivity index (χ1n) is 7.32. The summed E-state index contributed by atoms with van der Waals surface area (Å²) >= 11 is 0. The number of anilines is 1. The zero-order valence-electron chi connectivity index (χ0n) is 12.6. The molecule has 1 aliphatic carbocycles. The Kier molecular flexibility index (Phi) is 4.66. The molecular weight excluding hydrogens is 255 g/mol. The fourth-order valence-electron chi connectivity index (χ4n) is 2.36. The minimum Gasteiger partial charge on any atom is -0.395 e. The van der Waals surface area contributed by atoms with E-state index in [0.29, 0.717) is 24.8 Å². The van der Waals surface area contributed by atoms with Gasteiger partial charge in [0.25, 0.3) is 0 Å². The summed E-state index contributed by atoms with van der Waals surface area (Å²) in [5.74, 6) is -0.196. The molecule has 0 unspecified atom stereocenters. The van der Waals surface area contributed by atoms with Gasteiger partial charge in [-0.2, -0.15) is 0 Å². The van der Waals surface area contributed by atoms with Crippen LogP contribution in [0.15, 0.2) is 18.2 Å². The number of aliphatic hydroxyl groups excluding tert-OH is 1. The first-order valence-corrected chi connectivity index (χ1v) is 7.32. The molecule has 2 rings (SSSR count). The molecule has 1 fully saturated rings. The predicted molar refractivity (Wildman–Crippen MR) is 80.4 cm³/mol. The van der Waals surface area contributed by atoms with Crippen LogP contribution < -0.4 is 10.2 Å². The number of hydrogen-bond donors (Lipinski definition) is 2. The number of aliphatic hydroxyl groups is 1. The van der Waals surface area contributed by atoms with Crippen LogP contribution in [-0.2, 0) is 6.54 Å². The lowest BCUT2D eigenvalue weighted by Crippen LogP contribution is -2.36. The smallest absolute Gasteiger partial charge is 0.146 e. The fraction of sp³-hybridized carbons (Fsp3) is 0.625. The van der Waals surface area contributed by atoms with Crippen molar-refractivity contribution in [2.45, 2.75) is 51.7 Å². The summed E-state index contributed by atoms with van der Waals surface area (Å²) in [5, 5.41) is 12.6. The summed E-state index contributed by atoms with van der Waals surface area (Å²) in [5.41, 5.74) is 1.60. The largest absolute Gasteiger partial charge is 0.395 e. The molecule has 0 heterocycles. The Morgan fingerprint density at radius 1 is 1.35 bits per heavy atom. The highest BCUT2D eigenvalue weighted by Gasteiger charge is 2.31. The maximum Gasteiger partial charge on any atom is 0.146 e. The molecule has 20 heavy (non-hydrogen) atoms. The van der Waals surface area contributed by atoms with Crippen LogP contribution in [0.4, 0.5) is 10.1 Å². The molecule has 2 N–H and O–H groups in total. The number of halogens is 1. The van der Waals surface area contributed by atoms with Crippen molar-refractivity contribution in [3.8, 4) is 0 Å². The third-order valence-corrected chi connectivity index (χ3v) is 3.50. The normalized spacial score (nSPS) is 15.4. The lowest BCUT2D eigenvalue weighted by Gasteiger charge is -2.28. The quantitative estimate of drug-likeness (QED) is 0.841. The highest BCUT2D eigenvalue weighted by atomic mass is 19.1. The monoisotopic (exact) mass is 280 g/mol. The van der Waals surface area contributed by atoms with Gasteiger partial charge in [0.1, 0.15) is 5.82 Å². The molecular formula is C16H25FN2O. The zero-order valence-corrected chi connectivity index (χ0v) is 12.6. The van der Waals surface area contributed by atoms with Crippen molar-refractivity contribution in [1.29, 1.82) is 0 Å². The van der Waals surface area contributed by atoms with Crippen molar-refractivity contribution in [1.82, 2.24) is 5.32 Å². The summed E-state index contributed by atoms with van der Waals surface area (Å²) < 4.78 is 14.3. The number of para-hydroxylation sites is 1. The first kappa shape index (κ1) is 15.3. The number of rotatable bonds is 6. The predicted octanol–water partition coefficient (Wildman–Crippen LogP) is 2.67. The Morgan fingerprint density at radius 3 is 2.60 bits per heavy atom. The standard InChI is InChI=1S/C16H25FN2O/c1-16(2,3)18-11-12-5-4-6-14(17)15(12)19(9-10-20)13-7-8-13/h4-6,13,18,20H,7-11H2,1-3H3. The molecule has 0 aromatic heterocycles. The van der Waals surface area contributed by atoms with Gasteiger partial charge in [-0.15, -0.1) is 0 Å². The van der Waals surface area contributed by atoms with Gasteiger partial charge in [0, 0.05) is 24.7 Å². The average molecular weight is 280 g/mol. The van der Waals surface area contributed by atoms with Gasteiger partial charge in [0.05, 0.1) is 12.3 Å². The molecule has 1 aliphatic rings. The van der Waals surface area contributed by atoms with Gasteiger partial charge in [-0.3, -0.25) is 0 Å². The molecule has 0 saturated heterocycles. The summed E-state index contributed by atoms with van der Waals surface area (Å²) in [6.07, 6.45) is 2.17. The zero-order chi connectivity index (χ0) is 14.8. The third kappa shape index (κ3) is 3.93. The van der Waals surface area contributed by atoms with Crippen LogP contribution in [0.5, 0.6) is 0 Å². The van der Waals surface area contributed by atoms with Crippen molar-refractivity contribution in [3.05, 3.63) is 29.6 Å². The van der Waals surface area contributed by atoms with Crippen LogP contribution in [0.2, 0.25) is 0 Å². The second-order valence-electron chi connectivity index (χ2n) is 6.50. The van der Waals surface area contributed by atoms with E-state index in [9.17, 15) is 9.50 Å². The lowest BCUT2D eigenvalue weighted by atomic mass is 10.1. The van der Waals surface area contributed by atoms with E-state index in [2.05, 4.69) is 26.1 Å². The molecule has 1 aromatic carbocycles. The summed E-state index contributed by atoms with van der Waals surface area (Å²) in [6, 6.07) is 5.60. The van der Waals surface area contributed by atoms with Crippen LogP contribution >= 0.6 is 0 Å². The second-order valence-corrected chi connectivity index (χ2v) is 6.50. The summed E-state index contributed by atoms with van der Waals surface area (Å²) in [4.78, 5) is 2.02. The first-order chi connectivity index (χ1) is 9.42. The van der Waals surface area contributed by atoms with E-state index in [1.165, 1.54) is 6.07 Å². The van der Waals surface area contributed by atoms with Crippen LogP contribution in [0, 0.1) is 5.82 Å². The van der Waals surface area contributed by atoms with Gasteiger partial charge >= 0.3 is 0 Å². The molecule has 1 saturated carbocycles. The van der Waals surface area contributed by atoms with Crippen molar-refractivity contribution >= 4 is 5.69 Å². The number of nitrogens with zero attached hydrogens (tertiary/aromatic N) is 1. The van der Waals surface area contributed by atoms with E-state index >= 15 is 0 Å². The Bertz CT molecular complexity index is 452. The van der Waals surface area contributed by atoms with Crippen LogP contribution in [0.1, 0.15) is 39.2 Å². The maximum atomic E-state index is 14.3. The Hall–Kier alpha value is -1.13. The molecule has 0 radical (unpaired) electrons. The molecule has 3 nitrogen and oxygen atoms in total. The molecule has 0 aliphatic heterocycles. The van der Waals surface area contributed by atoms with E-state index in [1.54, 1.807) is 6.07 Å². The fourth-order valence-corrected chi connectivity index (χ4v) is 2.36. The van der Waals surface area contributed by atoms with Crippen molar-refractivity contribution in [2.24, 2.45) is 0 Å². The van der Waals surface area contributed by atoms with E-state index in [0.717, 1.165) is 18.4 Å². The maximum absolute atomic E-state index is 14.3. The van der Waals surface area contributed by atoms with Crippen LogP contribution in [0.25, 0.3) is 0 Å². The van der Waals surface area contributed by atoms with Gasteiger partial charge < -0.3 is 15.3 Å². The van der Waals surface area contributed by atoms with Crippen LogP contribution in [-0.4, -0.2) is 29.8 Å². The van der Waals surface area contributed by atoms with E-state index in [4.69, 9.17) is 0 Å². The highest BCUT2D eigenvalue weighted by molar-refractivity contribution is 5.56. The van der Waals surface area contributed by atoms with Crippen molar-refractivity contribution in [2.75, 3.05) is 18.1 Å². The van der Waals surface area contributed by atoms with Crippen molar-refractivity contribution in [3.63, 3.8) is 0 Å². The van der Waals surface area contributed by atoms with E-state index in [-0.39, 0.29) is 18.0 Å². The van der Waals surface area contributed by atoms with Gasteiger partial charge in [-0.05, 0) is 45.2 Å². The number of benzene rings is 1. The molecule has 0 bridgehead atoms. The Balaban J connectivity index is 2.25. The molecule has 0 amide bonds. The number of nitrogens with one attached hydrogen (secondary N) is 1. The minimum absolute atomic E-state index is 0.00895.